The van der Waals surface area contributed by atoms with Gasteiger partial charge in [0.05, 0.1) is 11.1 Å². The Hall–Kier alpha value is -4.13. The van der Waals surface area contributed by atoms with Crippen molar-refractivity contribution in [1.29, 1.82) is 0 Å². The highest BCUT2D eigenvalue weighted by Gasteiger charge is 2.52. The number of carbonyl (C=O) groups excluding carboxylic acids is 4. The molecule has 3 aliphatic rings. The number of carbonyl (C=O) groups is 4. The molecule has 41 heavy (non-hydrogen) atoms. The van der Waals surface area contributed by atoms with E-state index in [1.54, 1.807) is 4.90 Å². The molecule has 13 heteroatoms. The number of para-hydroxylation sites is 1. The maximum absolute atomic E-state index is 14.9. The lowest BCUT2D eigenvalue weighted by molar-refractivity contribution is -0.237. The van der Waals surface area contributed by atoms with Crippen LogP contribution >= 0.6 is 0 Å². The standard InChI is InChI=1S/C28H27F4N4O5/c29-22-11-10-18(14-21(22)26(39)34-12-13-35(25(38)16-34)19-6-2-1-3-7-19)17-36(41-27(40)28(30,31)32)23-9-5-4-8-20(23)24(37)15-33-36/h4-5,8-11,14-15,19H,1-3,6-7,12-13,16-17H2/q+1. The first-order valence-electron chi connectivity index (χ1n) is 13.2. The molecule has 1 saturated heterocycles. The minimum atomic E-state index is -5.37. The van der Waals surface area contributed by atoms with Gasteiger partial charge in [-0.3, -0.25) is 14.4 Å². The van der Waals surface area contributed by atoms with E-state index in [1.807, 2.05) is 0 Å². The summed E-state index contributed by atoms with van der Waals surface area (Å²) < 4.78 is 53.2. The zero-order valence-corrected chi connectivity index (χ0v) is 21.9. The molecule has 1 saturated carbocycles. The first kappa shape index (κ1) is 28.4. The number of ketones is 1. The number of Topliss-reactive ketones (excluding diaryl/α,β-unsaturated/α-hetero) is 1. The second-order valence-electron chi connectivity index (χ2n) is 10.3. The lowest BCUT2D eigenvalue weighted by atomic mass is 9.93. The fourth-order valence-corrected chi connectivity index (χ4v) is 5.58. The van der Waals surface area contributed by atoms with E-state index in [9.17, 15) is 36.7 Å². The Morgan fingerprint density at radius 1 is 1.02 bits per heavy atom. The van der Waals surface area contributed by atoms with E-state index in [2.05, 4.69) is 5.10 Å². The van der Waals surface area contributed by atoms with E-state index in [4.69, 9.17) is 4.84 Å². The number of rotatable bonds is 5. The molecule has 0 N–H and O–H groups in total. The van der Waals surface area contributed by atoms with E-state index in [0.29, 0.717) is 6.54 Å². The number of amides is 2. The van der Waals surface area contributed by atoms with Crippen LogP contribution in [-0.4, -0.2) is 71.4 Å². The Kier molecular flexibility index (Phi) is 7.64. The summed E-state index contributed by atoms with van der Waals surface area (Å²) in [4.78, 5) is 58.4. The molecular weight excluding hydrogens is 548 g/mol. The molecule has 0 radical (unpaired) electrons. The van der Waals surface area contributed by atoms with E-state index in [1.165, 1.54) is 35.2 Å². The van der Waals surface area contributed by atoms with Gasteiger partial charge >= 0.3 is 12.1 Å². The third-order valence-corrected chi connectivity index (χ3v) is 7.59. The Bertz CT molecular complexity index is 1420. The molecule has 2 fully saturated rings. The van der Waals surface area contributed by atoms with Crippen LogP contribution in [0.1, 0.15) is 58.4 Å². The van der Waals surface area contributed by atoms with Crippen LogP contribution < -0.4 is 4.76 Å². The summed E-state index contributed by atoms with van der Waals surface area (Å²) in [7, 11) is 0. The quantitative estimate of drug-likeness (QED) is 0.394. The highest BCUT2D eigenvalue weighted by molar-refractivity contribution is 6.37. The minimum Gasteiger partial charge on any atom is -0.336 e. The van der Waals surface area contributed by atoms with Gasteiger partial charge in [-0.2, -0.15) is 13.2 Å². The lowest BCUT2D eigenvalue weighted by Gasteiger charge is -2.40. The fourth-order valence-electron chi connectivity index (χ4n) is 5.58. The normalized spacial score (nSPS) is 21.6. The van der Waals surface area contributed by atoms with Crippen LogP contribution in [0, 0.1) is 5.82 Å². The van der Waals surface area contributed by atoms with Crippen LogP contribution in [0.3, 0.4) is 0 Å². The Morgan fingerprint density at radius 3 is 2.46 bits per heavy atom. The van der Waals surface area contributed by atoms with Crippen molar-refractivity contribution >= 4 is 35.5 Å². The van der Waals surface area contributed by atoms with Crippen LogP contribution in [0.2, 0.25) is 0 Å². The third kappa shape index (κ3) is 5.71. The number of fused-ring (bicyclic) bond motifs is 1. The summed E-state index contributed by atoms with van der Waals surface area (Å²) in [6.07, 6.45) is 0.402. The number of nitrogens with zero attached hydrogens (tertiary/aromatic N) is 4. The first-order chi connectivity index (χ1) is 19.5. The molecule has 5 rings (SSSR count). The van der Waals surface area contributed by atoms with E-state index in [0.717, 1.165) is 50.5 Å². The van der Waals surface area contributed by atoms with E-state index < -0.39 is 46.5 Å². The van der Waals surface area contributed by atoms with Crippen molar-refractivity contribution in [1.82, 2.24) is 14.6 Å². The van der Waals surface area contributed by atoms with Gasteiger partial charge in [0.15, 0.2) is 6.54 Å². The Morgan fingerprint density at radius 2 is 1.76 bits per heavy atom. The molecule has 0 aromatic heterocycles. The van der Waals surface area contributed by atoms with E-state index in [-0.39, 0.29) is 41.9 Å². The second-order valence-corrected chi connectivity index (χ2v) is 10.3. The van der Waals surface area contributed by atoms with Crippen molar-refractivity contribution in [2.75, 3.05) is 19.6 Å². The number of benzene rings is 2. The molecule has 2 amide bonds. The SMILES string of the molecule is O=C1C=N[N+](Cc2ccc(F)c(C(=O)N3CCN(C4CCCCC4)C(=O)C3)c2)(OC(=O)C(F)(F)F)c2ccccc21. The Labute approximate surface area is 232 Å². The number of hydrogen-bond acceptors (Lipinski definition) is 6. The van der Waals surface area contributed by atoms with Gasteiger partial charge in [0.25, 0.3) is 5.91 Å². The third-order valence-electron chi connectivity index (χ3n) is 7.59. The molecule has 1 unspecified atom stereocenters. The maximum Gasteiger partial charge on any atom is 0.497 e. The van der Waals surface area contributed by atoms with Gasteiger partial charge in [0.1, 0.15) is 18.6 Å². The van der Waals surface area contributed by atoms with Gasteiger partial charge in [-0.15, -0.1) is 0 Å². The number of halogens is 4. The molecule has 0 bridgehead atoms. The average Bonchev–Trinajstić information content (AvgIpc) is 2.96. The molecule has 2 aliphatic heterocycles. The lowest BCUT2D eigenvalue weighted by Crippen LogP contribution is -2.55. The highest BCUT2D eigenvalue weighted by atomic mass is 19.4. The largest absolute Gasteiger partial charge is 0.497 e. The van der Waals surface area contributed by atoms with Gasteiger partial charge in [0, 0.05) is 35.5 Å². The summed E-state index contributed by atoms with van der Waals surface area (Å²) in [5.74, 6) is -5.02. The van der Waals surface area contributed by atoms with Crippen LogP contribution in [0.25, 0.3) is 0 Å². The second kappa shape index (κ2) is 11.0. The van der Waals surface area contributed by atoms with Gasteiger partial charge < -0.3 is 9.80 Å². The van der Waals surface area contributed by atoms with Crippen LogP contribution in [0.5, 0.6) is 0 Å². The molecule has 1 aliphatic carbocycles. The monoisotopic (exact) mass is 575 g/mol. The number of piperazine rings is 1. The maximum atomic E-state index is 14.9. The summed E-state index contributed by atoms with van der Waals surface area (Å²) >= 11 is 0. The van der Waals surface area contributed by atoms with Gasteiger partial charge in [-0.1, -0.05) is 37.5 Å². The van der Waals surface area contributed by atoms with Gasteiger partial charge in [-0.25, -0.2) is 14.0 Å². The van der Waals surface area contributed by atoms with Gasteiger partial charge in [0.2, 0.25) is 17.4 Å². The number of alkyl halides is 3. The van der Waals surface area contributed by atoms with Crippen molar-refractivity contribution in [3.05, 3.63) is 65.0 Å². The Balaban J connectivity index is 1.42. The van der Waals surface area contributed by atoms with Crippen LogP contribution in [0.4, 0.5) is 23.2 Å². The smallest absolute Gasteiger partial charge is 0.336 e. The van der Waals surface area contributed by atoms with Crippen molar-refractivity contribution < 1.29 is 41.6 Å². The van der Waals surface area contributed by atoms with Gasteiger partial charge in [-0.05, 0) is 36.1 Å². The summed E-state index contributed by atoms with van der Waals surface area (Å²) in [6, 6.07) is 9.01. The zero-order chi connectivity index (χ0) is 29.4. The average molecular weight is 576 g/mol. The van der Waals surface area contributed by atoms with Crippen LogP contribution in [0.15, 0.2) is 47.6 Å². The molecule has 9 nitrogen and oxygen atoms in total. The predicted molar refractivity (Wildman–Crippen MR) is 138 cm³/mol. The first-order valence-corrected chi connectivity index (χ1v) is 13.2. The summed E-state index contributed by atoms with van der Waals surface area (Å²) in [6.45, 7) is -0.281. The van der Waals surface area contributed by atoms with Crippen LogP contribution in [-0.2, 0) is 21.0 Å². The fraction of sp³-hybridized carbons (Fsp3) is 0.393. The molecule has 2 heterocycles. The van der Waals surface area contributed by atoms with Crippen molar-refractivity contribution in [3.8, 4) is 0 Å². The molecular formula is C28H27F4N4O5+. The number of hydroxylamine groups is 1. The number of quaternary nitrogens is 1. The molecule has 2 aromatic carbocycles. The summed E-state index contributed by atoms with van der Waals surface area (Å²) in [5.41, 5.74) is -0.477. The zero-order valence-electron chi connectivity index (χ0n) is 21.9. The molecule has 216 valence electrons. The summed E-state index contributed by atoms with van der Waals surface area (Å²) in [5, 5.41) is 3.86. The molecule has 1 atom stereocenters. The van der Waals surface area contributed by atoms with Crippen molar-refractivity contribution in [3.63, 3.8) is 0 Å². The van der Waals surface area contributed by atoms with E-state index >= 15 is 0 Å². The van der Waals surface area contributed by atoms with Crippen molar-refractivity contribution in [2.45, 2.75) is 50.9 Å². The number of hydrogen-bond donors (Lipinski definition) is 0. The molecule has 0 spiro atoms. The van der Waals surface area contributed by atoms with Crippen molar-refractivity contribution in [2.24, 2.45) is 5.10 Å². The minimum absolute atomic E-state index is 0.0368. The highest BCUT2D eigenvalue weighted by Crippen LogP contribution is 2.36. The topological polar surface area (TPSA) is 96.4 Å². The molecule has 2 aromatic rings. The predicted octanol–water partition coefficient (Wildman–Crippen LogP) is 4.15.